The van der Waals surface area contributed by atoms with Crippen LogP contribution in [0.2, 0.25) is 0 Å². The Morgan fingerprint density at radius 1 is 1.52 bits per heavy atom. The van der Waals surface area contributed by atoms with Crippen LogP contribution in [0.4, 0.5) is 0 Å². The molecule has 0 saturated carbocycles. The summed E-state index contributed by atoms with van der Waals surface area (Å²) < 4.78 is 5.25. The molecule has 2 saturated heterocycles. The molecule has 116 valence electrons. The van der Waals surface area contributed by atoms with E-state index in [1.807, 2.05) is 0 Å². The zero-order chi connectivity index (χ0) is 14.8. The van der Waals surface area contributed by atoms with Crippen molar-refractivity contribution in [3.05, 3.63) is 17.5 Å². The summed E-state index contributed by atoms with van der Waals surface area (Å²) in [5, 5.41) is 3.75. The maximum Gasteiger partial charge on any atom is 0.287 e. The molecule has 3 N–H and O–H groups in total. The standard InChI is InChI=1S/C14H23N5O2/c1-10-7-18-5-3-2-4-11(18)8-19(10)9-12-6-13(17-21-12)14(20)16-15/h6,10-11H,2-5,7-9,15H2,1H3,(H,16,20). The van der Waals surface area contributed by atoms with Crippen LogP contribution in [0.3, 0.4) is 0 Å². The second-order valence-corrected chi connectivity index (χ2v) is 6.07. The monoisotopic (exact) mass is 293 g/mol. The number of piperidine rings is 1. The molecular formula is C14H23N5O2. The summed E-state index contributed by atoms with van der Waals surface area (Å²) in [5.41, 5.74) is 2.30. The van der Waals surface area contributed by atoms with Gasteiger partial charge in [-0.25, -0.2) is 5.84 Å². The Morgan fingerprint density at radius 2 is 2.38 bits per heavy atom. The number of rotatable bonds is 3. The summed E-state index contributed by atoms with van der Waals surface area (Å²) in [7, 11) is 0. The van der Waals surface area contributed by atoms with Crippen molar-refractivity contribution in [3.63, 3.8) is 0 Å². The van der Waals surface area contributed by atoms with E-state index in [0.717, 1.165) is 13.1 Å². The molecule has 7 heteroatoms. The van der Waals surface area contributed by atoms with Crippen LogP contribution < -0.4 is 11.3 Å². The topological polar surface area (TPSA) is 87.6 Å². The van der Waals surface area contributed by atoms with Crippen molar-refractivity contribution in [1.29, 1.82) is 0 Å². The fourth-order valence-corrected chi connectivity index (χ4v) is 3.40. The molecule has 3 rings (SSSR count). The predicted octanol–water partition coefficient (Wildman–Crippen LogP) is 0.337. The molecule has 3 heterocycles. The van der Waals surface area contributed by atoms with Gasteiger partial charge < -0.3 is 4.52 Å². The lowest BCUT2D eigenvalue weighted by molar-refractivity contribution is 0.00724. The SMILES string of the molecule is CC1CN2CCCCC2CN1Cc1cc(C(=O)NN)no1. The van der Waals surface area contributed by atoms with E-state index in [2.05, 4.69) is 27.3 Å². The largest absolute Gasteiger partial charge is 0.359 e. The number of amides is 1. The van der Waals surface area contributed by atoms with Gasteiger partial charge in [-0.2, -0.15) is 0 Å². The van der Waals surface area contributed by atoms with Gasteiger partial charge in [0.1, 0.15) is 0 Å². The number of piperazine rings is 1. The highest BCUT2D eigenvalue weighted by atomic mass is 16.5. The third-order valence-electron chi connectivity index (χ3n) is 4.60. The highest BCUT2D eigenvalue weighted by molar-refractivity contribution is 5.91. The van der Waals surface area contributed by atoms with Crippen molar-refractivity contribution in [1.82, 2.24) is 20.4 Å². The Hall–Kier alpha value is -1.44. The van der Waals surface area contributed by atoms with Crippen molar-refractivity contribution in [2.75, 3.05) is 19.6 Å². The minimum absolute atomic E-state index is 0.233. The van der Waals surface area contributed by atoms with E-state index >= 15 is 0 Å². The summed E-state index contributed by atoms with van der Waals surface area (Å²) in [5.74, 6) is 5.39. The molecule has 1 amide bonds. The first kappa shape index (κ1) is 14.5. The summed E-state index contributed by atoms with van der Waals surface area (Å²) in [6.45, 7) is 6.33. The Morgan fingerprint density at radius 3 is 3.19 bits per heavy atom. The first-order valence-electron chi connectivity index (χ1n) is 7.62. The smallest absolute Gasteiger partial charge is 0.287 e. The van der Waals surface area contributed by atoms with Gasteiger partial charge in [0.05, 0.1) is 6.54 Å². The highest BCUT2D eigenvalue weighted by Gasteiger charge is 2.33. The van der Waals surface area contributed by atoms with Crippen LogP contribution in [0, 0.1) is 0 Å². The number of nitrogen functional groups attached to an aromatic ring is 1. The molecule has 0 aromatic carbocycles. The second-order valence-electron chi connectivity index (χ2n) is 6.07. The maximum atomic E-state index is 11.4. The minimum Gasteiger partial charge on any atom is -0.359 e. The molecule has 1 aromatic rings. The molecular weight excluding hydrogens is 270 g/mol. The van der Waals surface area contributed by atoms with E-state index in [1.54, 1.807) is 6.07 Å². The molecule has 0 bridgehead atoms. The zero-order valence-corrected chi connectivity index (χ0v) is 12.4. The van der Waals surface area contributed by atoms with Crippen LogP contribution >= 0.6 is 0 Å². The summed E-state index contributed by atoms with van der Waals surface area (Å²) in [6.07, 6.45) is 3.93. The highest BCUT2D eigenvalue weighted by Crippen LogP contribution is 2.25. The van der Waals surface area contributed by atoms with Gasteiger partial charge in [0.25, 0.3) is 5.91 Å². The van der Waals surface area contributed by atoms with Crippen molar-refractivity contribution < 1.29 is 9.32 Å². The number of fused-ring (bicyclic) bond motifs is 1. The molecule has 0 aliphatic carbocycles. The summed E-state index contributed by atoms with van der Waals surface area (Å²) in [6, 6.07) is 2.81. The first-order chi connectivity index (χ1) is 10.2. The van der Waals surface area contributed by atoms with Crippen molar-refractivity contribution in [2.45, 2.75) is 44.8 Å². The summed E-state index contributed by atoms with van der Waals surface area (Å²) >= 11 is 0. The van der Waals surface area contributed by atoms with E-state index in [9.17, 15) is 4.79 Å². The number of nitrogens with two attached hydrogens (primary N) is 1. The Bertz CT molecular complexity index is 503. The normalized spacial score (nSPS) is 27.3. The summed E-state index contributed by atoms with van der Waals surface area (Å²) in [4.78, 5) is 16.4. The molecule has 2 aliphatic heterocycles. The number of nitrogens with one attached hydrogen (secondary N) is 1. The van der Waals surface area contributed by atoms with Crippen molar-refractivity contribution >= 4 is 5.91 Å². The average Bonchev–Trinajstić information content (AvgIpc) is 2.96. The molecule has 1 aromatic heterocycles. The molecule has 2 aliphatic rings. The van der Waals surface area contributed by atoms with E-state index in [-0.39, 0.29) is 5.69 Å². The van der Waals surface area contributed by atoms with Crippen LogP contribution in [-0.4, -0.2) is 52.6 Å². The Kier molecular flexibility index (Phi) is 4.23. The fraction of sp³-hybridized carbons (Fsp3) is 0.714. The lowest BCUT2D eigenvalue weighted by Crippen LogP contribution is -2.58. The quantitative estimate of drug-likeness (QED) is 0.474. The van der Waals surface area contributed by atoms with Gasteiger partial charge >= 0.3 is 0 Å². The third kappa shape index (κ3) is 3.09. The van der Waals surface area contributed by atoms with E-state index in [1.165, 1.54) is 25.8 Å². The van der Waals surface area contributed by atoms with Crippen LogP contribution in [0.5, 0.6) is 0 Å². The van der Waals surface area contributed by atoms with Gasteiger partial charge in [-0.05, 0) is 26.3 Å². The molecule has 0 radical (unpaired) electrons. The molecule has 2 unspecified atom stereocenters. The van der Waals surface area contributed by atoms with Gasteiger partial charge in [-0.3, -0.25) is 20.0 Å². The number of hydrogen-bond donors (Lipinski definition) is 2. The van der Waals surface area contributed by atoms with Gasteiger partial charge in [0.15, 0.2) is 11.5 Å². The zero-order valence-electron chi connectivity index (χ0n) is 12.4. The Labute approximate surface area is 124 Å². The fourth-order valence-electron chi connectivity index (χ4n) is 3.40. The minimum atomic E-state index is -0.421. The number of aromatic nitrogens is 1. The van der Waals surface area contributed by atoms with E-state index in [0.29, 0.717) is 24.4 Å². The van der Waals surface area contributed by atoms with Crippen molar-refractivity contribution in [2.24, 2.45) is 5.84 Å². The van der Waals surface area contributed by atoms with Crippen LogP contribution in [0.15, 0.2) is 10.6 Å². The van der Waals surface area contributed by atoms with Crippen LogP contribution in [0.1, 0.15) is 42.4 Å². The molecule has 7 nitrogen and oxygen atoms in total. The second kappa shape index (κ2) is 6.13. The van der Waals surface area contributed by atoms with Crippen molar-refractivity contribution in [3.8, 4) is 0 Å². The van der Waals surface area contributed by atoms with Crippen LogP contribution in [-0.2, 0) is 6.54 Å². The predicted molar refractivity (Wildman–Crippen MR) is 77.2 cm³/mol. The van der Waals surface area contributed by atoms with Gasteiger partial charge in [-0.15, -0.1) is 0 Å². The average molecular weight is 293 g/mol. The van der Waals surface area contributed by atoms with Gasteiger partial charge in [-0.1, -0.05) is 11.6 Å². The number of carbonyl (C=O) groups is 1. The molecule has 21 heavy (non-hydrogen) atoms. The maximum absolute atomic E-state index is 11.4. The van der Waals surface area contributed by atoms with Gasteiger partial charge in [0, 0.05) is 31.2 Å². The van der Waals surface area contributed by atoms with E-state index < -0.39 is 5.91 Å². The number of carbonyl (C=O) groups excluding carboxylic acids is 1. The Balaban J connectivity index is 1.64. The number of hydrazine groups is 1. The molecule has 2 atom stereocenters. The number of hydrogen-bond acceptors (Lipinski definition) is 6. The first-order valence-corrected chi connectivity index (χ1v) is 7.62. The molecule has 0 spiro atoms. The number of nitrogens with zero attached hydrogens (tertiary/aromatic N) is 3. The van der Waals surface area contributed by atoms with Crippen LogP contribution in [0.25, 0.3) is 0 Å². The lowest BCUT2D eigenvalue weighted by Gasteiger charge is -2.47. The van der Waals surface area contributed by atoms with Gasteiger partial charge in [0.2, 0.25) is 0 Å². The lowest BCUT2D eigenvalue weighted by atomic mass is 9.97. The molecule has 2 fully saturated rings. The van der Waals surface area contributed by atoms with E-state index in [4.69, 9.17) is 10.4 Å². The third-order valence-corrected chi connectivity index (χ3v) is 4.60.